The molecule has 2 amide bonds. The van der Waals surface area contributed by atoms with Gasteiger partial charge in [-0.15, -0.1) is 0 Å². The van der Waals surface area contributed by atoms with Crippen LogP contribution in [0, 0.1) is 0 Å². The van der Waals surface area contributed by atoms with Crippen LogP contribution < -0.4 is 5.32 Å². The summed E-state index contributed by atoms with van der Waals surface area (Å²) >= 11 is 13.6. The maximum Gasteiger partial charge on any atom is 0.338 e. The van der Waals surface area contributed by atoms with Crippen molar-refractivity contribution in [2.24, 2.45) is 4.99 Å². The summed E-state index contributed by atoms with van der Waals surface area (Å²) in [4.78, 5) is 44.5. The number of esters is 1. The Morgan fingerprint density at radius 1 is 1.08 bits per heavy atom. The average molecular weight is 556 g/mol. The third-order valence-corrected chi connectivity index (χ3v) is 7.21. The molecule has 1 saturated heterocycles. The summed E-state index contributed by atoms with van der Waals surface area (Å²) in [5.41, 5.74) is 2.20. The van der Waals surface area contributed by atoms with Crippen molar-refractivity contribution in [3.05, 3.63) is 94.0 Å². The molecule has 0 spiro atoms. The lowest BCUT2D eigenvalue weighted by Crippen LogP contribution is -2.44. The third kappa shape index (κ3) is 6.91. The van der Waals surface area contributed by atoms with Crippen LogP contribution in [-0.4, -0.2) is 39.7 Å². The minimum atomic E-state index is -0.702. The molecule has 1 heterocycles. The van der Waals surface area contributed by atoms with E-state index in [4.69, 9.17) is 27.9 Å². The van der Waals surface area contributed by atoms with Crippen molar-refractivity contribution in [1.82, 2.24) is 4.90 Å². The van der Waals surface area contributed by atoms with Gasteiger partial charge in [0, 0.05) is 22.2 Å². The summed E-state index contributed by atoms with van der Waals surface area (Å²) in [6, 6.07) is 20.6. The molecule has 10 heteroatoms. The first-order valence-electron chi connectivity index (χ1n) is 11.5. The molecule has 1 aliphatic rings. The summed E-state index contributed by atoms with van der Waals surface area (Å²) in [6.07, 6.45) is -0.0116. The molecule has 7 nitrogen and oxygen atoms in total. The molecule has 1 fully saturated rings. The van der Waals surface area contributed by atoms with E-state index >= 15 is 0 Å². The van der Waals surface area contributed by atoms with E-state index in [1.165, 1.54) is 16.7 Å². The van der Waals surface area contributed by atoms with Crippen LogP contribution in [0.2, 0.25) is 10.0 Å². The topological polar surface area (TPSA) is 88.1 Å². The zero-order valence-corrected chi connectivity index (χ0v) is 22.1. The minimum Gasteiger partial charge on any atom is -0.462 e. The number of benzene rings is 3. The van der Waals surface area contributed by atoms with Crippen molar-refractivity contribution >= 4 is 69.3 Å². The summed E-state index contributed by atoms with van der Waals surface area (Å²) in [7, 11) is 0. The van der Waals surface area contributed by atoms with E-state index in [0.29, 0.717) is 32.2 Å². The molecular formula is C27H23Cl2N3O4S. The number of carbonyl (C=O) groups is 3. The average Bonchev–Trinajstić information content (AvgIpc) is 2.87. The molecule has 0 aliphatic carbocycles. The molecule has 3 aromatic rings. The summed E-state index contributed by atoms with van der Waals surface area (Å²) in [6.45, 7) is 2.22. The first kappa shape index (κ1) is 26.7. The Bertz CT molecular complexity index is 1350. The van der Waals surface area contributed by atoms with Crippen LogP contribution in [0.5, 0.6) is 0 Å². The SMILES string of the molecule is CCOC(=O)c1ccc(N=C2SC(C(=O)Nc3cccc(Cl)c3)CC(=O)N2Cc2ccccc2Cl)cc1. The van der Waals surface area contributed by atoms with Gasteiger partial charge < -0.3 is 10.1 Å². The van der Waals surface area contributed by atoms with Crippen molar-refractivity contribution in [2.75, 3.05) is 11.9 Å². The second kappa shape index (κ2) is 12.3. The number of nitrogens with zero attached hydrogens (tertiary/aromatic N) is 2. The van der Waals surface area contributed by atoms with E-state index in [9.17, 15) is 14.4 Å². The number of rotatable bonds is 7. The molecule has 190 valence electrons. The van der Waals surface area contributed by atoms with E-state index < -0.39 is 11.2 Å². The first-order chi connectivity index (χ1) is 17.8. The molecule has 37 heavy (non-hydrogen) atoms. The number of thioether (sulfide) groups is 1. The van der Waals surface area contributed by atoms with Crippen LogP contribution >= 0.6 is 35.0 Å². The van der Waals surface area contributed by atoms with Crippen LogP contribution in [0.1, 0.15) is 29.3 Å². The Balaban J connectivity index is 1.61. The quantitative estimate of drug-likeness (QED) is 0.344. The van der Waals surface area contributed by atoms with Crippen LogP contribution in [0.4, 0.5) is 11.4 Å². The predicted molar refractivity (Wildman–Crippen MR) is 148 cm³/mol. The molecule has 4 rings (SSSR count). The fourth-order valence-electron chi connectivity index (χ4n) is 3.58. The summed E-state index contributed by atoms with van der Waals surface area (Å²) in [5.74, 6) is -1.02. The standard InChI is InChI=1S/C27H23Cl2N3O4S/c1-2-36-26(35)17-10-12-20(13-11-17)31-27-32(16-18-6-3-4-9-22(18)29)24(33)15-23(37-27)25(34)30-21-8-5-7-19(28)14-21/h3-14,23H,2,15-16H2,1H3,(H,30,34). The zero-order chi connectivity index (χ0) is 26.4. The molecule has 0 radical (unpaired) electrons. The van der Waals surface area contributed by atoms with E-state index in [1.54, 1.807) is 61.5 Å². The normalized spacial score (nSPS) is 16.5. The van der Waals surface area contributed by atoms with Crippen molar-refractivity contribution < 1.29 is 19.1 Å². The molecule has 0 saturated carbocycles. The summed E-state index contributed by atoms with van der Waals surface area (Å²) < 4.78 is 5.03. The molecule has 0 bridgehead atoms. The Hall–Kier alpha value is -3.33. The fraction of sp³-hybridized carbons (Fsp3) is 0.185. The van der Waals surface area contributed by atoms with Crippen LogP contribution in [-0.2, 0) is 20.9 Å². The second-order valence-electron chi connectivity index (χ2n) is 8.04. The first-order valence-corrected chi connectivity index (χ1v) is 13.1. The fourth-order valence-corrected chi connectivity index (χ4v) is 5.06. The smallest absolute Gasteiger partial charge is 0.338 e. The number of aliphatic imine (C=N–C) groups is 1. The number of hydrogen-bond donors (Lipinski definition) is 1. The van der Waals surface area contributed by atoms with E-state index in [2.05, 4.69) is 10.3 Å². The number of nitrogens with one attached hydrogen (secondary N) is 1. The number of amides is 2. The molecule has 1 unspecified atom stereocenters. The van der Waals surface area contributed by atoms with Gasteiger partial charge in [-0.05, 0) is 61.0 Å². The highest BCUT2D eigenvalue weighted by atomic mass is 35.5. The van der Waals surface area contributed by atoms with Gasteiger partial charge in [0.15, 0.2) is 5.17 Å². The molecular weight excluding hydrogens is 533 g/mol. The van der Waals surface area contributed by atoms with Gasteiger partial charge in [-0.3, -0.25) is 14.5 Å². The monoisotopic (exact) mass is 555 g/mol. The Morgan fingerprint density at radius 3 is 2.54 bits per heavy atom. The third-order valence-electron chi connectivity index (χ3n) is 5.41. The van der Waals surface area contributed by atoms with Gasteiger partial charge in [0.2, 0.25) is 11.8 Å². The minimum absolute atomic E-state index is 0.0116. The lowest BCUT2D eigenvalue weighted by Gasteiger charge is -2.32. The van der Waals surface area contributed by atoms with Crippen molar-refractivity contribution in [2.45, 2.75) is 25.1 Å². The highest BCUT2D eigenvalue weighted by Gasteiger charge is 2.36. The largest absolute Gasteiger partial charge is 0.462 e. The highest BCUT2D eigenvalue weighted by Crippen LogP contribution is 2.32. The van der Waals surface area contributed by atoms with Crippen molar-refractivity contribution in [3.63, 3.8) is 0 Å². The molecule has 0 aromatic heterocycles. The number of ether oxygens (including phenoxy) is 1. The number of anilines is 1. The molecule has 3 aromatic carbocycles. The van der Waals surface area contributed by atoms with Gasteiger partial charge in [0.1, 0.15) is 5.25 Å². The van der Waals surface area contributed by atoms with E-state index in [0.717, 1.165) is 5.56 Å². The number of carbonyl (C=O) groups excluding carboxylic acids is 3. The maximum absolute atomic E-state index is 13.3. The maximum atomic E-state index is 13.3. The van der Waals surface area contributed by atoms with Gasteiger partial charge in [-0.2, -0.15) is 0 Å². The Kier molecular flexibility index (Phi) is 8.87. The second-order valence-corrected chi connectivity index (χ2v) is 10.1. The van der Waals surface area contributed by atoms with Gasteiger partial charge in [0.25, 0.3) is 0 Å². The van der Waals surface area contributed by atoms with Crippen LogP contribution in [0.25, 0.3) is 0 Å². The zero-order valence-electron chi connectivity index (χ0n) is 19.8. The number of halogens is 2. The lowest BCUT2D eigenvalue weighted by molar-refractivity contribution is -0.129. The Morgan fingerprint density at radius 2 is 1.84 bits per heavy atom. The van der Waals surface area contributed by atoms with Crippen molar-refractivity contribution in [1.29, 1.82) is 0 Å². The highest BCUT2D eigenvalue weighted by molar-refractivity contribution is 8.15. The summed E-state index contributed by atoms with van der Waals surface area (Å²) in [5, 5.41) is 3.49. The molecule has 1 N–H and O–H groups in total. The van der Waals surface area contributed by atoms with Gasteiger partial charge >= 0.3 is 5.97 Å². The lowest BCUT2D eigenvalue weighted by atomic mass is 10.2. The van der Waals surface area contributed by atoms with Crippen LogP contribution in [0.3, 0.4) is 0 Å². The van der Waals surface area contributed by atoms with Gasteiger partial charge in [-0.25, -0.2) is 9.79 Å². The predicted octanol–water partition coefficient (Wildman–Crippen LogP) is 6.33. The molecule has 1 aliphatic heterocycles. The van der Waals surface area contributed by atoms with E-state index in [1.807, 2.05) is 18.2 Å². The number of hydrogen-bond acceptors (Lipinski definition) is 6. The van der Waals surface area contributed by atoms with Gasteiger partial charge in [0.05, 0.1) is 24.4 Å². The Labute approximate surface area is 228 Å². The molecule has 1 atom stereocenters. The van der Waals surface area contributed by atoms with Crippen LogP contribution in [0.15, 0.2) is 77.8 Å². The van der Waals surface area contributed by atoms with E-state index in [-0.39, 0.29) is 31.4 Å². The van der Waals surface area contributed by atoms with Gasteiger partial charge in [-0.1, -0.05) is 59.2 Å². The number of amidine groups is 1. The van der Waals surface area contributed by atoms with Crippen molar-refractivity contribution in [3.8, 4) is 0 Å².